The molecule has 0 aromatic rings. The zero-order chi connectivity index (χ0) is 15.5. The Balaban J connectivity index is 2.68. The van der Waals surface area contributed by atoms with Crippen LogP contribution in [0, 0.1) is 5.92 Å². The Labute approximate surface area is 119 Å². The van der Waals surface area contributed by atoms with E-state index in [2.05, 4.69) is 5.32 Å². The number of carbonyl (C=O) groups is 2. The molecule has 116 valence electrons. The third kappa shape index (κ3) is 4.66. The fourth-order valence-electron chi connectivity index (χ4n) is 2.23. The van der Waals surface area contributed by atoms with Crippen molar-refractivity contribution in [3.63, 3.8) is 0 Å². The highest BCUT2D eigenvalue weighted by atomic mass is 32.2. The largest absolute Gasteiger partial charge is 0.480 e. The molecule has 0 aromatic heterocycles. The van der Waals surface area contributed by atoms with Crippen LogP contribution in [0.15, 0.2) is 0 Å². The normalized spacial score (nSPS) is 23.4. The molecule has 0 saturated carbocycles. The van der Waals surface area contributed by atoms with Crippen molar-refractivity contribution >= 4 is 21.8 Å². The van der Waals surface area contributed by atoms with Crippen LogP contribution in [0.25, 0.3) is 0 Å². The molecule has 8 heteroatoms. The van der Waals surface area contributed by atoms with Gasteiger partial charge in [0.2, 0.25) is 0 Å². The number of carboxylic acid groups (broad SMARTS) is 1. The van der Waals surface area contributed by atoms with Crippen LogP contribution in [0.3, 0.4) is 0 Å². The van der Waals surface area contributed by atoms with Crippen molar-refractivity contribution in [3.8, 4) is 0 Å². The van der Waals surface area contributed by atoms with E-state index in [1.54, 1.807) is 6.92 Å². The van der Waals surface area contributed by atoms with Crippen molar-refractivity contribution in [2.75, 3.05) is 18.1 Å². The second-order valence-electron chi connectivity index (χ2n) is 5.63. The van der Waals surface area contributed by atoms with Gasteiger partial charge < -0.3 is 15.3 Å². The fraction of sp³-hybridized carbons (Fsp3) is 0.833. The van der Waals surface area contributed by atoms with Crippen LogP contribution in [0.1, 0.15) is 27.2 Å². The van der Waals surface area contributed by atoms with Gasteiger partial charge in [-0.05, 0) is 19.3 Å². The van der Waals surface area contributed by atoms with Crippen molar-refractivity contribution in [2.24, 2.45) is 5.92 Å². The number of nitrogens with one attached hydrogen (secondary N) is 1. The summed E-state index contributed by atoms with van der Waals surface area (Å²) in [7, 11) is -3.10. The Morgan fingerprint density at radius 3 is 2.45 bits per heavy atom. The number of hydrogen-bond acceptors (Lipinski definition) is 4. The smallest absolute Gasteiger partial charge is 0.326 e. The summed E-state index contributed by atoms with van der Waals surface area (Å²) in [6.45, 7) is 5.49. The van der Waals surface area contributed by atoms with Gasteiger partial charge in [0.05, 0.1) is 11.5 Å². The van der Waals surface area contributed by atoms with Crippen LogP contribution in [0.2, 0.25) is 0 Å². The molecule has 7 nitrogen and oxygen atoms in total. The maximum Gasteiger partial charge on any atom is 0.326 e. The average molecular weight is 306 g/mol. The van der Waals surface area contributed by atoms with Crippen LogP contribution < -0.4 is 5.32 Å². The van der Waals surface area contributed by atoms with E-state index in [4.69, 9.17) is 5.11 Å². The average Bonchev–Trinajstić information content (AvgIpc) is 2.25. The number of hydrogen-bond donors (Lipinski definition) is 2. The zero-order valence-electron chi connectivity index (χ0n) is 12.0. The van der Waals surface area contributed by atoms with Gasteiger partial charge in [0.25, 0.3) is 0 Å². The van der Waals surface area contributed by atoms with Crippen molar-refractivity contribution in [3.05, 3.63) is 0 Å². The number of carboxylic acids is 1. The molecule has 0 spiro atoms. The summed E-state index contributed by atoms with van der Waals surface area (Å²) < 4.78 is 22.9. The topological polar surface area (TPSA) is 104 Å². The predicted octanol–water partition coefficient (Wildman–Crippen LogP) is 0.314. The Morgan fingerprint density at radius 1 is 1.40 bits per heavy atom. The molecule has 2 amide bonds. The highest BCUT2D eigenvalue weighted by Crippen LogP contribution is 2.12. The maximum atomic E-state index is 12.1. The first-order chi connectivity index (χ1) is 9.12. The molecule has 2 atom stereocenters. The molecule has 0 aliphatic carbocycles. The van der Waals surface area contributed by atoms with Crippen LogP contribution in [-0.4, -0.2) is 60.6 Å². The lowest BCUT2D eigenvalue weighted by atomic mass is 10.0. The SMILES string of the molecule is CC(C)C[C@H](NC(=O)N1CCS(=O)(=O)CC1C)C(=O)O. The van der Waals surface area contributed by atoms with Gasteiger partial charge in [-0.15, -0.1) is 0 Å². The molecule has 1 aliphatic rings. The molecule has 2 N–H and O–H groups in total. The number of sulfone groups is 1. The first-order valence-corrected chi connectivity index (χ1v) is 8.45. The molecule has 1 saturated heterocycles. The molecule has 1 unspecified atom stereocenters. The Bertz CT molecular complexity index is 474. The quantitative estimate of drug-likeness (QED) is 0.778. The minimum atomic E-state index is -3.10. The van der Waals surface area contributed by atoms with E-state index in [-0.39, 0.29) is 24.0 Å². The van der Waals surface area contributed by atoms with E-state index < -0.39 is 33.9 Å². The fourth-order valence-corrected chi connectivity index (χ4v) is 3.78. The highest BCUT2D eigenvalue weighted by molar-refractivity contribution is 7.91. The zero-order valence-corrected chi connectivity index (χ0v) is 12.8. The van der Waals surface area contributed by atoms with E-state index in [0.29, 0.717) is 6.42 Å². The number of aliphatic carboxylic acids is 1. The Morgan fingerprint density at radius 2 is 2.00 bits per heavy atom. The molecule has 1 aliphatic heterocycles. The molecule has 0 bridgehead atoms. The van der Waals surface area contributed by atoms with Crippen LogP contribution in [0.5, 0.6) is 0 Å². The van der Waals surface area contributed by atoms with Gasteiger partial charge in [-0.3, -0.25) is 0 Å². The van der Waals surface area contributed by atoms with Gasteiger partial charge in [0.15, 0.2) is 9.84 Å². The van der Waals surface area contributed by atoms with E-state index in [9.17, 15) is 18.0 Å². The Hall–Kier alpha value is -1.31. The lowest BCUT2D eigenvalue weighted by Gasteiger charge is -2.34. The van der Waals surface area contributed by atoms with Crippen molar-refractivity contribution in [1.29, 1.82) is 0 Å². The van der Waals surface area contributed by atoms with Gasteiger partial charge in [0, 0.05) is 12.6 Å². The first kappa shape index (κ1) is 16.7. The molecule has 0 aromatic carbocycles. The van der Waals surface area contributed by atoms with E-state index >= 15 is 0 Å². The van der Waals surface area contributed by atoms with Gasteiger partial charge in [0.1, 0.15) is 6.04 Å². The first-order valence-electron chi connectivity index (χ1n) is 6.62. The Kier molecular flexibility index (Phi) is 5.38. The molecule has 1 heterocycles. The monoisotopic (exact) mass is 306 g/mol. The summed E-state index contributed by atoms with van der Waals surface area (Å²) in [5, 5.41) is 11.6. The highest BCUT2D eigenvalue weighted by Gasteiger charge is 2.33. The van der Waals surface area contributed by atoms with E-state index in [1.807, 2.05) is 13.8 Å². The van der Waals surface area contributed by atoms with Crippen LogP contribution in [-0.2, 0) is 14.6 Å². The number of amides is 2. The predicted molar refractivity (Wildman–Crippen MR) is 74.2 cm³/mol. The molecule has 1 rings (SSSR count). The second kappa shape index (κ2) is 6.43. The number of nitrogens with zero attached hydrogens (tertiary/aromatic N) is 1. The number of urea groups is 1. The van der Waals surface area contributed by atoms with E-state index in [1.165, 1.54) is 4.90 Å². The standard InChI is InChI=1S/C12H22N2O5S/c1-8(2)6-10(11(15)16)13-12(17)14-4-5-20(18,19)7-9(14)3/h8-10H,4-7H2,1-3H3,(H,13,17)(H,15,16)/t9?,10-/m0/s1. The summed E-state index contributed by atoms with van der Waals surface area (Å²) in [6, 6.07) is -1.91. The van der Waals surface area contributed by atoms with Crippen molar-refractivity contribution in [1.82, 2.24) is 10.2 Å². The minimum absolute atomic E-state index is 0.0767. The molecular formula is C12H22N2O5S. The summed E-state index contributed by atoms with van der Waals surface area (Å²) in [4.78, 5) is 24.6. The maximum absolute atomic E-state index is 12.1. The molecule has 20 heavy (non-hydrogen) atoms. The van der Waals surface area contributed by atoms with Gasteiger partial charge in [-0.2, -0.15) is 0 Å². The molecular weight excluding hydrogens is 284 g/mol. The van der Waals surface area contributed by atoms with Gasteiger partial charge in [-0.1, -0.05) is 13.8 Å². The summed E-state index contributed by atoms with van der Waals surface area (Å²) in [5.74, 6) is -1.10. The summed E-state index contributed by atoms with van der Waals surface area (Å²) in [5.41, 5.74) is 0. The minimum Gasteiger partial charge on any atom is -0.480 e. The summed E-state index contributed by atoms with van der Waals surface area (Å²) >= 11 is 0. The van der Waals surface area contributed by atoms with Crippen LogP contribution >= 0.6 is 0 Å². The van der Waals surface area contributed by atoms with Crippen molar-refractivity contribution < 1.29 is 23.1 Å². The van der Waals surface area contributed by atoms with Gasteiger partial charge in [-0.25, -0.2) is 18.0 Å². The number of carbonyl (C=O) groups excluding carboxylic acids is 1. The molecule has 0 radical (unpaired) electrons. The van der Waals surface area contributed by atoms with E-state index in [0.717, 1.165) is 0 Å². The lowest BCUT2D eigenvalue weighted by molar-refractivity contribution is -0.139. The third-order valence-corrected chi connectivity index (χ3v) is 5.03. The number of rotatable bonds is 4. The van der Waals surface area contributed by atoms with Gasteiger partial charge >= 0.3 is 12.0 Å². The van der Waals surface area contributed by atoms with Crippen LogP contribution in [0.4, 0.5) is 4.79 Å². The second-order valence-corrected chi connectivity index (χ2v) is 7.86. The molecule has 1 fully saturated rings. The lowest BCUT2D eigenvalue weighted by Crippen LogP contribution is -2.56. The summed E-state index contributed by atoms with van der Waals surface area (Å²) in [6.07, 6.45) is 0.335. The third-order valence-electron chi connectivity index (χ3n) is 3.23. The van der Waals surface area contributed by atoms with Crippen molar-refractivity contribution in [2.45, 2.75) is 39.3 Å².